The van der Waals surface area contributed by atoms with E-state index in [0.717, 1.165) is 0 Å². The summed E-state index contributed by atoms with van der Waals surface area (Å²) in [5.41, 5.74) is -0.418. The molecule has 0 aromatic heterocycles. The van der Waals surface area contributed by atoms with Crippen molar-refractivity contribution < 1.29 is 39.0 Å². The van der Waals surface area contributed by atoms with Gasteiger partial charge >= 0.3 is 12.3 Å². The van der Waals surface area contributed by atoms with Crippen molar-refractivity contribution in [3.8, 4) is 0 Å². The highest BCUT2D eigenvalue weighted by Crippen LogP contribution is 2.08. The topological polar surface area (TPSA) is 101 Å². The van der Waals surface area contributed by atoms with Gasteiger partial charge in [-0.1, -0.05) is 0 Å². The molecule has 0 aliphatic rings. The lowest BCUT2D eigenvalue weighted by Gasteiger charge is -2.18. The van der Waals surface area contributed by atoms with Gasteiger partial charge in [-0.25, -0.2) is 19.5 Å². The van der Waals surface area contributed by atoms with E-state index in [0.29, 0.717) is 6.42 Å². The molecule has 0 aromatic rings. The second-order valence-corrected chi connectivity index (χ2v) is 4.42. The summed E-state index contributed by atoms with van der Waals surface area (Å²) in [6.45, 7) is 7.28. The Kier molecular flexibility index (Phi) is 7.06. The van der Waals surface area contributed by atoms with E-state index >= 15 is 0 Å². The number of hydrogen-bond donors (Lipinski definition) is 1. The predicted octanol–water partition coefficient (Wildman–Crippen LogP) is 2.27. The molecule has 0 radical (unpaired) electrons. The summed E-state index contributed by atoms with van der Waals surface area (Å²) in [4.78, 5) is 38.0. The van der Waals surface area contributed by atoms with Crippen LogP contribution in [-0.4, -0.2) is 35.7 Å². The van der Waals surface area contributed by atoms with Crippen molar-refractivity contribution in [1.29, 1.82) is 0 Å². The fourth-order valence-corrected chi connectivity index (χ4v) is 0.745. The second kappa shape index (κ2) is 7.72. The van der Waals surface area contributed by atoms with Crippen LogP contribution in [0.2, 0.25) is 0 Å². The maximum Gasteiger partial charge on any atom is 0.550 e. The van der Waals surface area contributed by atoms with Crippen molar-refractivity contribution in [2.45, 2.75) is 45.8 Å². The highest BCUT2D eigenvalue weighted by atomic mass is 17.3. The van der Waals surface area contributed by atoms with Crippen LogP contribution in [0.5, 0.6) is 0 Å². The van der Waals surface area contributed by atoms with Gasteiger partial charge in [0.25, 0.3) is 0 Å². The third-order valence-corrected chi connectivity index (χ3v) is 1.40. The van der Waals surface area contributed by atoms with E-state index in [1.165, 1.54) is 0 Å². The average molecular weight is 266 g/mol. The van der Waals surface area contributed by atoms with E-state index < -0.39 is 24.0 Å². The van der Waals surface area contributed by atoms with Crippen LogP contribution in [0.4, 0.5) is 9.59 Å². The van der Waals surface area contributed by atoms with E-state index in [4.69, 9.17) is 14.9 Å². The SMILES string of the molecule is CC(CCOOC(C)(C)C)OC(=O)OOC(=O)O. The minimum Gasteiger partial charge on any atom is -0.447 e. The van der Waals surface area contributed by atoms with Crippen LogP contribution in [0.3, 0.4) is 0 Å². The first-order valence-corrected chi connectivity index (χ1v) is 5.29. The van der Waals surface area contributed by atoms with Gasteiger partial charge in [0.2, 0.25) is 0 Å². The number of ether oxygens (including phenoxy) is 1. The normalized spacial score (nSPS) is 12.7. The monoisotopic (exact) mass is 266 g/mol. The van der Waals surface area contributed by atoms with Crippen molar-refractivity contribution in [3.05, 3.63) is 0 Å². The summed E-state index contributed by atoms with van der Waals surface area (Å²) in [5.74, 6) is 0. The lowest BCUT2D eigenvalue weighted by molar-refractivity contribution is -0.350. The van der Waals surface area contributed by atoms with Crippen LogP contribution in [0.15, 0.2) is 0 Å². The van der Waals surface area contributed by atoms with Crippen LogP contribution in [0, 0.1) is 0 Å². The molecule has 106 valence electrons. The number of carbonyl (C=O) groups is 2. The summed E-state index contributed by atoms with van der Waals surface area (Å²) >= 11 is 0. The van der Waals surface area contributed by atoms with Crippen molar-refractivity contribution >= 4 is 12.3 Å². The third kappa shape index (κ3) is 11.0. The van der Waals surface area contributed by atoms with Crippen molar-refractivity contribution in [3.63, 3.8) is 0 Å². The first kappa shape index (κ1) is 16.5. The summed E-state index contributed by atoms with van der Waals surface area (Å²) in [7, 11) is 0. The van der Waals surface area contributed by atoms with Gasteiger partial charge in [0.15, 0.2) is 0 Å². The largest absolute Gasteiger partial charge is 0.550 e. The molecule has 8 heteroatoms. The fraction of sp³-hybridized carbons (Fsp3) is 0.800. The highest BCUT2D eigenvalue weighted by molar-refractivity contribution is 5.62. The number of carbonyl (C=O) groups excluding carboxylic acids is 1. The molecule has 1 atom stereocenters. The average Bonchev–Trinajstić information content (AvgIpc) is 2.20. The first-order valence-electron chi connectivity index (χ1n) is 5.29. The van der Waals surface area contributed by atoms with E-state index in [2.05, 4.69) is 14.5 Å². The molecule has 0 heterocycles. The number of hydrogen-bond acceptors (Lipinski definition) is 7. The Bertz CT molecular complexity index is 270. The van der Waals surface area contributed by atoms with E-state index in [-0.39, 0.29) is 6.61 Å². The van der Waals surface area contributed by atoms with E-state index in [9.17, 15) is 9.59 Å². The fourth-order valence-electron chi connectivity index (χ4n) is 0.745. The van der Waals surface area contributed by atoms with Crippen molar-refractivity contribution in [2.24, 2.45) is 0 Å². The molecular formula is C10H18O8. The van der Waals surface area contributed by atoms with Gasteiger partial charge in [0.05, 0.1) is 12.2 Å². The molecule has 0 saturated carbocycles. The Morgan fingerprint density at radius 3 is 2.33 bits per heavy atom. The Morgan fingerprint density at radius 1 is 1.22 bits per heavy atom. The van der Waals surface area contributed by atoms with E-state index in [1.54, 1.807) is 6.92 Å². The maximum absolute atomic E-state index is 10.8. The molecule has 0 rings (SSSR count). The summed E-state index contributed by atoms with van der Waals surface area (Å²) in [5, 5.41) is 8.05. The number of carboxylic acid groups (broad SMARTS) is 1. The molecular weight excluding hydrogens is 248 g/mol. The van der Waals surface area contributed by atoms with Gasteiger partial charge in [0.1, 0.15) is 6.10 Å². The minimum absolute atomic E-state index is 0.214. The molecule has 0 fully saturated rings. The molecule has 0 bridgehead atoms. The van der Waals surface area contributed by atoms with Gasteiger partial charge in [-0.2, -0.15) is 9.68 Å². The molecule has 0 saturated heterocycles. The summed E-state index contributed by atoms with van der Waals surface area (Å²) in [6.07, 6.45) is -3.14. The van der Waals surface area contributed by atoms with Crippen molar-refractivity contribution in [2.75, 3.05) is 6.61 Å². The minimum atomic E-state index is -1.73. The molecule has 0 aromatic carbocycles. The molecule has 8 nitrogen and oxygen atoms in total. The van der Waals surface area contributed by atoms with Crippen LogP contribution in [0.25, 0.3) is 0 Å². The molecule has 18 heavy (non-hydrogen) atoms. The number of rotatable bonds is 5. The predicted molar refractivity (Wildman–Crippen MR) is 57.5 cm³/mol. The highest BCUT2D eigenvalue weighted by Gasteiger charge is 2.15. The van der Waals surface area contributed by atoms with Crippen molar-refractivity contribution in [1.82, 2.24) is 0 Å². The molecule has 1 unspecified atom stereocenters. The molecule has 0 aliphatic carbocycles. The lowest BCUT2D eigenvalue weighted by atomic mass is 10.2. The standard InChI is InChI=1S/C10H18O8/c1-7(5-6-14-18-10(2,3)4)15-9(13)17-16-8(11)12/h7H,5-6H2,1-4H3,(H,11,12). The van der Waals surface area contributed by atoms with Crippen LogP contribution in [0.1, 0.15) is 34.1 Å². The Balaban J connectivity index is 3.61. The molecule has 1 N–H and O–H groups in total. The summed E-state index contributed by atoms with van der Waals surface area (Å²) in [6, 6.07) is 0. The molecule has 0 amide bonds. The first-order chi connectivity index (χ1) is 8.20. The van der Waals surface area contributed by atoms with Crippen LogP contribution < -0.4 is 0 Å². The third-order valence-electron chi connectivity index (χ3n) is 1.40. The Hall–Kier alpha value is -1.54. The van der Waals surface area contributed by atoms with Crippen LogP contribution >= 0.6 is 0 Å². The smallest absolute Gasteiger partial charge is 0.447 e. The zero-order valence-corrected chi connectivity index (χ0v) is 10.8. The summed E-state index contributed by atoms with van der Waals surface area (Å²) < 4.78 is 4.65. The lowest BCUT2D eigenvalue weighted by Crippen LogP contribution is -2.22. The molecule has 0 aliphatic heterocycles. The van der Waals surface area contributed by atoms with Gasteiger partial charge in [-0.3, -0.25) is 0 Å². The second-order valence-electron chi connectivity index (χ2n) is 4.42. The van der Waals surface area contributed by atoms with Gasteiger partial charge in [-0.15, -0.1) is 0 Å². The zero-order valence-electron chi connectivity index (χ0n) is 10.8. The zero-order chi connectivity index (χ0) is 14.2. The molecule has 0 spiro atoms. The quantitative estimate of drug-likeness (QED) is 0.350. The van der Waals surface area contributed by atoms with Gasteiger partial charge in [0, 0.05) is 6.42 Å². The Morgan fingerprint density at radius 2 is 1.83 bits per heavy atom. The van der Waals surface area contributed by atoms with E-state index in [1.807, 2.05) is 20.8 Å². The van der Waals surface area contributed by atoms with Gasteiger partial charge < -0.3 is 9.84 Å². The Labute approximate surface area is 105 Å². The van der Waals surface area contributed by atoms with Gasteiger partial charge in [-0.05, 0) is 27.7 Å². The maximum atomic E-state index is 10.8. The van der Waals surface area contributed by atoms with Crippen LogP contribution in [-0.2, 0) is 24.3 Å².